The number of pyridine rings is 1. The lowest BCUT2D eigenvalue weighted by molar-refractivity contribution is 0.799. The van der Waals surface area contributed by atoms with Crippen molar-refractivity contribution < 1.29 is 0 Å². The molecule has 0 bridgehead atoms. The molecular weight excluding hydrogens is 150 g/mol. The van der Waals surface area contributed by atoms with Crippen LogP contribution in [-0.2, 0) is 7.05 Å². The molecule has 0 saturated heterocycles. The maximum Gasteiger partial charge on any atom is 0.250 e. The fourth-order valence-corrected chi connectivity index (χ4v) is 1.40. The van der Waals surface area contributed by atoms with Crippen LogP contribution in [0.1, 0.15) is 30.9 Å². The van der Waals surface area contributed by atoms with Crippen molar-refractivity contribution >= 4 is 0 Å². The summed E-state index contributed by atoms with van der Waals surface area (Å²) in [5.74, 6) is 0.430. The zero-order valence-corrected chi connectivity index (χ0v) is 8.09. The second-order valence-electron chi connectivity index (χ2n) is 3.52. The zero-order chi connectivity index (χ0) is 9.30. The number of hydrogen-bond donors (Lipinski definition) is 0. The number of hydrogen-bond acceptors (Lipinski definition) is 1. The van der Waals surface area contributed by atoms with Crippen molar-refractivity contribution in [2.75, 3.05) is 0 Å². The molecule has 0 aliphatic rings. The van der Waals surface area contributed by atoms with Crippen LogP contribution in [0.25, 0.3) is 0 Å². The van der Waals surface area contributed by atoms with Gasteiger partial charge in [0.15, 0.2) is 0 Å². The lowest BCUT2D eigenvalue weighted by Crippen LogP contribution is -2.17. The second-order valence-corrected chi connectivity index (χ2v) is 3.52. The minimum atomic E-state index is 0.0734. The van der Waals surface area contributed by atoms with Gasteiger partial charge < -0.3 is 4.57 Å². The Hall–Kier alpha value is -1.05. The van der Waals surface area contributed by atoms with Crippen molar-refractivity contribution in [3.63, 3.8) is 0 Å². The molecule has 0 aliphatic heterocycles. The van der Waals surface area contributed by atoms with Crippen LogP contribution in [0.3, 0.4) is 0 Å². The normalized spacial score (nSPS) is 10.8. The van der Waals surface area contributed by atoms with Gasteiger partial charge in [0.25, 0.3) is 5.56 Å². The van der Waals surface area contributed by atoms with Gasteiger partial charge in [-0.15, -0.1) is 0 Å². The van der Waals surface area contributed by atoms with Crippen LogP contribution in [0.5, 0.6) is 0 Å². The van der Waals surface area contributed by atoms with E-state index in [0.29, 0.717) is 5.92 Å². The maximum absolute atomic E-state index is 11.3. The van der Waals surface area contributed by atoms with Gasteiger partial charge in [-0.3, -0.25) is 4.79 Å². The highest BCUT2D eigenvalue weighted by Gasteiger charge is 2.04. The Balaban J connectivity index is 3.33. The Kier molecular flexibility index (Phi) is 2.36. The van der Waals surface area contributed by atoms with E-state index < -0.39 is 0 Å². The molecule has 1 aromatic rings. The standard InChI is InChI=1S/C10H15NO/c1-7(2)9-5-10(12)11(4)6-8(9)3/h5-7H,1-4H3. The van der Waals surface area contributed by atoms with Crippen molar-refractivity contribution in [3.8, 4) is 0 Å². The lowest BCUT2D eigenvalue weighted by atomic mass is 10.0. The fourth-order valence-electron chi connectivity index (χ4n) is 1.40. The Labute approximate surface area is 72.8 Å². The lowest BCUT2D eigenvalue weighted by Gasteiger charge is -2.09. The predicted octanol–water partition coefficient (Wildman–Crippen LogP) is 1.82. The number of nitrogens with zero attached hydrogens (tertiary/aromatic N) is 1. The molecular formula is C10H15NO. The summed E-state index contributed by atoms with van der Waals surface area (Å²) >= 11 is 0. The van der Waals surface area contributed by atoms with E-state index in [9.17, 15) is 4.79 Å². The summed E-state index contributed by atoms with van der Waals surface area (Å²) in [5, 5.41) is 0. The van der Waals surface area contributed by atoms with E-state index in [1.54, 1.807) is 17.7 Å². The Morgan fingerprint density at radius 2 is 2.00 bits per heavy atom. The first-order valence-corrected chi connectivity index (χ1v) is 4.19. The third kappa shape index (κ3) is 1.58. The predicted molar refractivity (Wildman–Crippen MR) is 50.5 cm³/mol. The quantitative estimate of drug-likeness (QED) is 0.622. The van der Waals surface area contributed by atoms with Gasteiger partial charge in [-0.25, -0.2) is 0 Å². The average Bonchev–Trinajstić information content (AvgIpc) is 1.96. The summed E-state index contributed by atoms with van der Waals surface area (Å²) in [7, 11) is 1.78. The highest BCUT2D eigenvalue weighted by molar-refractivity contribution is 5.25. The van der Waals surface area contributed by atoms with Crippen LogP contribution in [0.4, 0.5) is 0 Å². The molecule has 1 heterocycles. The number of rotatable bonds is 1. The molecule has 0 saturated carbocycles. The minimum absolute atomic E-state index is 0.0734. The molecule has 12 heavy (non-hydrogen) atoms. The van der Waals surface area contributed by atoms with Gasteiger partial charge in [0.05, 0.1) is 0 Å². The number of aromatic nitrogens is 1. The van der Waals surface area contributed by atoms with E-state index in [-0.39, 0.29) is 5.56 Å². The Morgan fingerprint density at radius 1 is 1.42 bits per heavy atom. The Bertz CT molecular complexity index is 336. The molecule has 0 aromatic carbocycles. The zero-order valence-electron chi connectivity index (χ0n) is 8.09. The van der Waals surface area contributed by atoms with Crippen molar-refractivity contribution in [2.24, 2.45) is 7.05 Å². The summed E-state index contributed by atoms with van der Waals surface area (Å²) < 4.78 is 1.61. The monoisotopic (exact) mass is 165 g/mol. The number of aryl methyl sites for hydroxylation is 2. The molecule has 1 rings (SSSR count). The molecule has 0 atom stereocenters. The van der Waals surface area contributed by atoms with Gasteiger partial charge >= 0.3 is 0 Å². The van der Waals surface area contributed by atoms with E-state index in [1.807, 2.05) is 13.1 Å². The molecule has 1 aromatic heterocycles. The van der Waals surface area contributed by atoms with E-state index in [1.165, 1.54) is 5.56 Å². The molecule has 0 spiro atoms. The van der Waals surface area contributed by atoms with Gasteiger partial charge in [-0.1, -0.05) is 13.8 Å². The van der Waals surface area contributed by atoms with Gasteiger partial charge in [-0.05, 0) is 24.0 Å². The first-order chi connectivity index (χ1) is 5.52. The van der Waals surface area contributed by atoms with Gasteiger partial charge in [0.1, 0.15) is 0 Å². The van der Waals surface area contributed by atoms with E-state index in [0.717, 1.165) is 5.56 Å². The van der Waals surface area contributed by atoms with Crippen molar-refractivity contribution in [3.05, 3.63) is 33.7 Å². The van der Waals surface area contributed by atoms with Crippen LogP contribution in [-0.4, -0.2) is 4.57 Å². The van der Waals surface area contributed by atoms with Crippen molar-refractivity contribution in [2.45, 2.75) is 26.7 Å². The van der Waals surface area contributed by atoms with Crippen LogP contribution in [0, 0.1) is 6.92 Å². The third-order valence-electron chi connectivity index (χ3n) is 2.09. The SMILES string of the molecule is Cc1cn(C)c(=O)cc1C(C)C. The van der Waals surface area contributed by atoms with Crippen LogP contribution in [0.15, 0.2) is 17.1 Å². The van der Waals surface area contributed by atoms with E-state index in [4.69, 9.17) is 0 Å². The smallest absolute Gasteiger partial charge is 0.250 e. The summed E-state index contributed by atoms with van der Waals surface area (Å²) in [4.78, 5) is 11.3. The molecule has 0 N–H and O–H groups in total. The van der Waals surface area contributed by atoms with Gasteiger partial charge in [0.2, 0.25) is 0 Å². The Morgan fingerprint density at radius 3 is 2.50 bits per heavy atom. The first kappa shape index (κ1) is 9.04. The molecule has 0 aliphatic carbocycles. The molecule has 0 amide bonds. The summed E-state index contributed by atoms with van der Waals surface area (Å²) in [5.41, 5.74) is 2.41. The summed E-state index contributed by atoms with van der Waals surface area (Å²) in [6, 6.07) is 1.72. The molecule has 0 fully saturated rings. The van der Waals surface area contributed by atoms with Gasteiger partial charge in [0, 0.05) is 19.3 Å². The maximum atomic E-state index is 11.3. The topological polar surface area (TPSA) is 22.0 Å². The van der Waals surface area contributed by atoms with Crippen molar-refractivity contribution in [1.29, 1.82) is 0 Å². The average molecular weight is 165 g/mol. The molecule has 66 valence electrons. The summed E-state index contributed by atoms with van der Waals surface area (Å²) in [6.45, 7) is 6.23. The van der Waals surface area contributed by atoms with E-state index in [2.05, 4.69) is 13.8 Å². The van der Waals surface area contributed by atoms with Crippen molar-refractivity contribution in [1.82, 2.24) is 4.57 Å². The highest BCUT2D eigenvalue weighted by atomic mass is 16.1. The van der Waals surface area contributed by atoms with Crippen LogP contribution >= 0.6 is 0 Å². The third-order valence-corrected chi connectivity index (χ3v) is 2.09. The molecule has 0 unspecified atom stereocenters. The second kappa shape index (κ2) is 3.13. The van der Waals surface area contributed by atoms with Gasteiger partial charge in [-0.2, -0.15) is 0 Å². The molecule has 2 heteroatoms. The van der Waals surface area contributed by atoms with E-state index >= 15 is 0 Å². The largest absolute Gasteiger partial charge is 0.318 e. The minimum Gasteiger partial charge on any atom is -0.318 e. The first-order valence-electron chi connectivity index (χ1n) is 4.19. The van der Waals surface area contributed by atoms with Crippen LogP contribution in [0.2, 0.25) is 0 Å². The fraction of sp³-hybridized carbons (Fsp3) is 0.500. The highest BCUT2D eigenvalue weighted by Crippen LogP contribution is 2.15. The molecule has 0 radical (unpaired) electrons. The van der Waals surface area contributed by atoms with Crippen LogP contribution < -0.4 is 5.56 Å². The summed E-state index contributed by atoms with van der Waals surface area (Å²) in [6.07, 6.45) is 1.89. The molecule has 2 nitrogen and oxygen atoms in total.